The summed E-state index contributed by atoms with van der Waals surface area (Å²) in [5.41, 5.74) is -0.332. The van der Waals surface area contributed by atoms with Crippen LogP contribution in [0.3, 0.4) is 0 Å². The van der Waals surface area contributed by atoms with Gasteiger partial charge in [-0.2, -0.15) is 0 Å². The van der Waals surface area contributed by atoms with Crippen molar-refractivity contribution in [3.05, 3.63) is 28.3 Å². The quantitative estimate of drug-likeness (QED) is 0.258. The van der Waals surface area contributed by atoms with Gasteiger partial charge in [0.2, 0.25) is 5.91 Å². The Balaban J connectivity index is 2.74. The van der Waals surface area contributed by atoms with Crippen LogP contribution in [0.15, 0.2) is 18.2 Å². The molecule has 0 bridgehead atoms. The van der Waals surface area contributed by atoms with Crippen LogP contribution in [0.25, 0.3) is 0 Å². The number of ether oxygens (including phenoxy) is 1. The largest absolute Gasteiger partial charge is 0.544 e. The number of anilines is 1. The van der Waals surface area contributed by atoms with E-state index in [1.54, 1.807) is 12.2 Å². The van der Waals surface area contributed by atoms with Gasteiger partial charge in [-0.3, -0.25) is 14.9 Å². The highest BCUT2D eigenvalue weighted by Crippen LogP contribution is 2.29. The average molecular weight is 397 g/mol. The van der Waals surface area contributed by atoms with Gasteiger partial charge in [-0.25, -0.2) is 0 Å². The predicted octanol–water partition coefficient (Wildman–Crippen LogP) is -2.07. The zero-order valence-electron chi connectivity index (χ0n) is 16.5. The third kappa shape index (κ3) is 7.49. The number of carboxylic acids is 1. The van der Waals surface area contributed by atoms with E-state index in [1.807, 2.05) is 13.8 Å². The smallest absolute Gasteiger partial charge is 0.296 e. The van der Waals surface area contributed by atoms with Gasteiger partial charge in [0.25, 0.3) is 5.69 Å². The molecule has 0 aliphatic heterocycles. The topological polar surface area (TPSA) is 143 Å². The number of carbonyl (C=O) groups excluding carboxylic acids is 2. The van der Waals surface area contributed by atoms with Gasteiger partial charge in [0.05, 0.1) is 43.1 Å². The Hall–Kier alpha value is -2.72. The molecular weight excluding hydrogens is 368 g/mol. The second-order valence-corrected chi connectivity index (χ2v) is 6.28. The predicted molar refractivity (Wildman–Crippen MR) is 100 cm³/mol. The molecule has 0 saturated carbocycles. The van der Waals surface area contributed by atoms with Gasteiger partial charge < -0.3 is 30.2 Å². The summed E-state index contributed by atoms with van der Waals surface area (Å²) in [5, 5.41) is 26.6. The highest BCUT2D eigenvalue weighted by Gasteiger charge is 2.22. The van der Waals surface area contributed by atoms with Crippen LogP contribution in [-0.4, -0.2) is 55.6 Å². The van der Waals surface area contributed by atoms with Gasteiger partial charge in [0, 0.05) is 0 Å². The van der Waals surface area contributed by atoms with Gasteiger partial charge in [0.1, 0.15) is 30.6 Å². The van der Waals surface area contributed by atoms with Crippen molar-refractivity contribution in [2.45, 2.75) is 33.2 Å². The molecule has 0 aliphatic carbocycles. The van der Waals surface area contributed by atoms with Crippen LogP contribution in [0.4, 0.5) is 11.4 Å². The molecule has 4 N–H and O–H groups in total. The van der Waals surface area contributed by atoms with E-state index in [4.69, 9.17) is 4.74 Å². The van der Waals surface area contributed by atoms with Crippen LogP contribution >= 0.6 is 0 Å². The van der Waals surface area contributed by atoms with Gasteiger partial charge in [-0.05, 0) is 32.9 Å². The number of nitrogens with two attached hydrogens (primary N) is 1. The van der Waals surface area contributed by atoms with E-state index in [2.05, 4.69) is 5.32 Å². The van der Waals surface area contributed by atoms with Crippen LogP contribution in [0.1, 0.15) is 27.2 Å². The minimum absolute atomic E-state index is 0.0110. The van der Waals surface area contributed by atoms with Crippen molar-refractivity contribution in [1.29, 1.82) is 0 Å². The molecule has 0 aliphatic rings. The zero-order chi connectivity index (χ0) is 21.1. The molecule has 156 valence electrons. The number of nitrogens with zero attached hydrogens (tertiary/aromatic N) is 1. The summed E-state index contributed by atoms with van der Waals surface area (Å²) in [6.07, 6.45) is -0.347. The number of carbonyl (C=O) groups is 2. The van der Waals surface area contributed by atoms with Gasteiger partial charge in [-0.15, -0.1) is 0 Å². The molecule has 1 aromatic carbocycles. The van der Waals surface area contributed by atoms with E-state index in [0.29, 0.717) is 18.9 Å². The Kier molecular flexibility index (Phi) is 9.89. The normalized spacial score (nSPS) is 11.9. The first kappa shape index (κ1) is 23.3. The minimum Gasteiger partial charge on any atom is -0.544 e. The molecule has 10 heteroatoms. The van der Waals surface area contributed by atoms with E-state index in [1.165, 1.54) is 23.1 Å². The first-order chi connectivity index (χ1) is 13.3. The van der Waals surface area contributed by atoms with Crippen LogP contribution < -0.4 is 25.4 Å². The maximum Gasteiger partial charge on any atom is 0.296 e. The Bertz CT molecular complexity index is 678. The monoisotopic (exact) mass is 397 g/mol. The van der Waals surface area contributed by atoms with E-state index in [9.17, 15) is 24.8 Å². The van der Waals surface area contributed by atoms with Crippen molar-refractivity contribution in [2.24, 2.45) is 0 Å². The summed E-state index contributed by atoms with van der Waals surface area (Å²) in [6, 6.07) is 3.02. The zero-order valence-corrected chi connectivity index (χ0v) is 16.5. The number of amides is 1. The number of hydrogen-bond acceptors (Lipinski definition) is 6. The Morgan fingerprint density at radius 3 is 2.50 bits per heavy atom. The lowest BCUT2D eigenvalue weighted by atomic mass is 10.2. The Labute approximate surface area is 164 Å². The summed E-state index contributed by atoms with van der Waals surface area (Å²) < 4.78 is 5.22. The van der Waals surface area contributed by atoms with E-state index in [-0.39, 0.29) is 17.8 Å². The number of aliphatic carboxylic acids is 1. The average Bonchev–Trinajstić information content (AvgIpc) is 2.65. The second kappa shape index (κ2) is 11.9. The molecular formula is C18H29N4O6+. The summed E-state index contributed by atoms with van der Waals surface area (Å²) in [4.78, 5) is 35.5. The molecule has 1 atom stereocenters. The molecule has 0 radical (unpaired) electrons. The van der Waals surface area contributed by atoms with Crippen LogP contribution in [-0.2, 0) is 9.59 Å². The van der Waals surface area contributed by atoms with E-state index >= 15 is 0 Å². The lowest BCUT2D eigenvalue weighted by molar-refractivity contribution is -0.910. The highest BCUT2D eigenvalue weighted by atomic mass is 16.6. The Morgan fingerprint density at radius 2 is 1.96 bits per heavy atom. The van der Waals surface area contributed by atoms with E-state index in [0.717, 1.165) is 19.6 Å². The molecule has 0 saturated heterocycles. The number of likely N-dealkylation sites (N-methyl/N-ethyl adjacent to an activating group) is 1. The van der Waals surface area contributed by atoms with Crippen molar-refractivity contribution in [3.63, 3.8) is 0 Å². The number of benzene rings is 1. The fraction of sp³-hybridized carbons (Fsp3) is 0.556. The van der Waals surface area contributed by atoms with Crippen molar-refractivity contribution < 1.29 is 34.6 Å². The Morgan fingerprint density at radius 1 is 1.29 bits per heavy atom. The van der Waals surface area contributed by atoms with Crippen molar-refractivity contribution in [1.82, 2.24) is 0 Å². The van der Waals surface area contributed by atoms with E-state index < -0.39 is 22.8 Å². The fourth-order valence-corrected chi connectivity index (χ4v) is 2.78. The lowest BCUT2D eigenvalue weighted by Crippen LogP contribution is -3.14. The highest BCUT2D eigenvalue weighted by molar-refractivity contribution is 5.95. The summed E-state index contributed by atoms with van der Waals surface area (Å²) in [5.74, 6) is -1.66. The number of hydrogen-bond donors (Lipinski definition) is 3. The van der Waals surface area contributed by atoms with Crippen molar-refractivity contribution >= 4 is 23.3 Å². The number of rotatable bonds is 13. The third-order valence-corrected chi connectivity index (χ3v) is 4.41. The molecule has 0 fully saturated rings. The molecule has 10 nitrogen and oxygen atoms in total. The second-order valence-electron chi connectivity index (χ2n) is 6.28. The first-order valence-corrected chi connectivity index (χ1v) is 9.41. The molecule has 28 heavy (non-hydrogen) atoms. The summed E-state index contributed by atoms with van der Waals surface area (Å²) >= 11 is 0. The summed E-state index contributed by atoms with van der Waals surface area (Å²) in [6.45, 7) is 9.36. The molecule has 1 amide bonds. The number of nitro groups is 1. The molecule has 0 aromatic heterocycles. The minimum atomic E-state index is -1.34. The standard InChI is InChI=1S/C18H28N4O6/c1-4-21(5-2)10-9-19-15(18(24)25)12-17(23)20-14-8-7-13(28-6-3)11-16(14)22(26)27/h7-8,11,15,19H,4-6,9-10,12H2,1-3H3,(H,20,23)(H,24,25)/p+1/t15-/m1/s1. The molecule has 0 heterocycles. The molecule has 0 unspecified atom stereocenters. The van der Waals surface area contributed by atoms with Crippen molar-refractivity contribution in [2.75, 3.05) is 38.1 Å². The van der Waals surface area contributed by atoms with Crippen molar-refractivity contribution in [3.8, 4) is 5.75 Å². The third-order valence-electron chi connectivity index (χ3n) is 4.41. The maximum absolute atomic E-state index is 12.2. The summed E-state index contributed by atoms with van der Waals surface area (Å²) in [7, 11) is 0. The first-order valence-electron chi connectivity index (χ1n) is 9.41. The van der Waals surface area contributed by atoms with Crippen LogP contribution in [0.2, 0.25) is 0 Å². The van der Waals surface area contributed by atoms with Gasteiger partial charge >= 0.3 is 0 Å². The van der Waals surface area contributed by atoms with Gasteiger partial charge in [0.15, 0.2) is 0 Å². The van der Waals surface area contributed by atoms with Crippen LogP contribution in [0, 0.1) is 10.1 Å². The number of nitrogens with one attached hydrogen (secondary N) is 2. The van der Waals surface area contributed by atoms with Crippen LogP contribution in [0.5, 0.6) is 5.75 Å². The van der Waals surface area contributed by atoms with Gasteiger partial charge in [-0.1, -0.05) is 0 Å². The SMILES string of the molecule is CCOc1ccc(NC(=O)C[C@@H]([NH2+]CC[NH+](CC)CC)C(=O)[O-])c([N+](=O)[O-])c1. The number of quaternary nitrogens is 2. The molecule has 1 rings (SSSR count). The molecule has 0 spiro atoms. The fourth-order valence-electron chi connectivity index (χ4n) is 2.78. The number of nitro benzene ring substituents is 1. The maximum atomic E-state index is 12.2. The molecule has 1 aromatic rings. The number of carboxylic acid groups (broad SMARTS) is 1. The lowest BCUT2D eigenvalue weighted by Gasteiger charge is -2.19.